The minimum Gasteiger partial charge on any atom is -0.492 e. The van der Waals surface area contributed by atoms with Crippen LogP contribution in [0, 0.1) is 6.92 Å². The summed E-state index contributed by atoms with van der Waals surface area (Å²) >= 11 is 0. The van der Waals surface area contributed by atoms with E-state index in [0.29, 0.717) is 12.4 Å². The van der Waals surface area contributed by atoms with E-state index in [1.165, 1.54) is 0 Å². The molecule has 100 valence electrons. The van der Waals surface area contributed by atoms with Gasteiger partial charge in [-0.1, -0.05) is 12.1 Å². The van der Waals surface area contributed by atoms with Gasteiger partial charge in [-0.2, -0.15) is 0 Å². The van der Waals surface area contributed by atoms with E-state index in [4.69, 9.17) is 9.84 Å². The molecule has 0 bridgehead atoms. The van der Waals surface area contributed by atoms with Crippen molar-refractivity contribution in [1.82, 2.24) is 9.55 Å². The van der Waals surface area contributed by atoms with E-state index in [1.54, 1.807) is 24.4 Å². The molecule has 1 aromatic heterocycles. The molecule has 0 aliphatic carbocycles. The van der Waals surface area contributed by atoms with E-state index < -0.39 is 5.97 Å². The second-order valence-corrected chi connectivity index (χ2v) is 4.23. The maximum absolute atomic E-state index is 10.6. The molecule has 0 saturated heterocycles. The molecule has 0 aliphatic heterocycles. The first-order valence-corrected chi connectivity index (χ1v) is 6.06. The molecule has 1 heterocycles. The smallest absolute Gasteiger partial charge is 0.307 e. The van der Waals surface area contributed by atoms with Crippen LogP contribution in [0.4, 0.5) is 0 Å². The van der Waals surface area contributed by atoms with Crippen molar-refractivity contribution in [2.24, 2.45) is 0 Å². The molecule has 0 amide bonds. The molecular formula is C14H16N2O3. The summed E-state index contributed by atoms with van der Waals surface area (Å²) in [5.41, 5.74) is 0.740. The standard InChI is InChI=1S/C14H16N2O3/c1-11-15-5-6-16(11)7-8-19-13-4-2-3-12(9-13)10-14(17)18/h2-6,9H,7-8,10H2,1H3,(H,17,18). The zero-order valence-corrected chi connectivity index (χ0v) is 10.7. The summed E-state index contributed by atoms with van der Waals surface area (Å²) in [5.74, 6) is 0.797. The number of hydrogen-bond acceptors (Lipinski definition) is 3. The number of benzene rings is 1. The summed E-state index contributed by atoms with van der Waals surface area (Å²) in [7, 11) is 0. The Kier molecular flexibility index (Phi) is 4.18. The fourth-order valence-electron chi connectivity index (χ4n) is 1.82. The number of nitrogens with zero attached hydrogens (tertiary/aromatic N) is 2. The van der Waals surface area contributed by atoms with Gasteiger partial charge in [0.15, 0.2) is 0 Å². The Balaban J connectivity index is 1.89. The second kappa shape index (κ2) is 6.04. The zero-order chi connectivity index (χ0) is 13.7. The van der Waals surface area contributed by atoms with Crippen LogP contribution in [-0.4, -0.2) is 27.2 Å². The molecule has 5 nitrogen and oxygen atoms in total. The molecule has 1 aromatic carbocycles. The number of hydrogen-bond donors (Lipinski definition) is 1. The third kappa shape index (κ3) is 3.84. The van der Waals surface area contributed by atoms with Gasteiger partial charge in [-0.15, -0.1) is 0 Å². The van der Waals surface area contributed by atoms with E-state index >= 15 is 0 Å². The van der Waals surface area contributed by atoms with Gasteiger partial charge in [-0.3, -0.25) is 4.79 Å². The second-order valence-electron chi connectivity index (χ2n) is 4.23. The van der Waals surface area contributed by atoms with Crippen LogP contribution in [0.3, 0.4) is 0 Å². The van der Waals surface area contributed by atoms with E-state index in [-0.39, 0.29) is 6.42 Å². The average Bonchev–Trinajstić information content (AvgIpc) is 2.75. The van der Waals surface area contributed by atoms with E-state index in [9.17, 15) is 4.79 Å². The lowest BCUT2D eigenvalue weighted by Crippen LogP contribution is -2.09. The van der Waals surface area contributed by atoms with Crippen molar-refractivity contribution in [3.8, 4) is 5.75 Å². The summed E-state index contributed by atoms with van der Waals surface area (Å²) in [5, 5.41) is 8.74. The van der Waals surface area contributed by atoms with Crippen molar-refractivity contribution in [2.75, 3.05) is 6.61 Å². The SMILES string of the molecule is Cc1nccn1CCOc1cccc(CC(=O)O)c1. The number of aliphatic carboxylic acids is 1. The van der Waals surface area contributed by atoms with Gasteiger partial charge in [0, 0.05) is 12.4 Å². The fourth-order valence-corrected chi connectivity index (χ4v) is 1.82. The van der Waals surface area contributed by atoms with Gasteiger partial charge in [0.2, 0.25) is 0 Å². The number of carboxylic acids is 1. The Hall–Kier alpha value is -2.30. The Labute approximate surface area is 111 Å². The third-order valence-corrected chi connectivity index (χ3v) is 2.78. The van der Waals surface area contributed by atoms with Crippen LogP contribution in [0.2, 0.25) is 0 Å². The molecule has 5 heteroatoms. The molecule has 0 aliphatic rings. The van der Waals surface area contributed by atoms with Gasteiger partial charge in [-0.25, -0.2) is 4.98 Å². The number of imidazole rings is 1. The summed E-state index contributed by atoms with van der Waals surface area (Å²) < 4.78 is 7.62. The van der Waals surface area contributed by atoms with Crippen molar-refractivity contribution >= 4 is 5.97 Å². The normalized spacial score (nSPS) is 10.4. The summed E-state index contributed by atoms with van der Waals surface area (Å²) in [6.45, 7) is 3.18. The molecule has 0 spiro atoms. The highest BCUT2D eigenvalue weighted by Crippen LogP contribution is 2.14. The molecule has 0 radical (unpaired) electrons. The highest BCUT2D eigenvalue weighted by atomic mass is 16.5. The Morgan fingerprint density at radius 1 is 1.47 bits per heavy atom. The Morgan fingerprint density at radius 2 is 2.32 bits per heavy atom. The molecular weight excluding hydrogens is 244 g/mol. The minimum absolute atomic E-state index is 0.0117. The maximum Gasteiger partial charge on any atom is 0.307 e. The van der Waals surface area contributed by atoms with Crippen LogP contribution in [0.15, 0.2) is 36.7 Å². The lowest BCUT2D eigenvalue weighted by Gasteiger charge is -2.09. The van der Waals surface area contributed by atoms with Gasteiger partial charge in [0.05, 0.1) is 13.0 Å². The van der Waals surface area contributed by atoms with Crippen molar-refractivity contribution in [3.63, 3.8) is 0 Å². The first-order valence-electron chi connectivity index (χ1n) is 6.06. The van der Waals surface area contributed by atoms with Crippen molar-refractivity contribution < 1.29 is 14.6 Å². The Morgan fingerprint density at radius 3 is 3.00 bits per heavy atom. The first-order chi connectivity index (χ1) is 9.15. The molecule has 0 fully saturated rings. The molecule has 0 atom stereocenters. The number of aromatic nitrogens is 2. The number of carbonyl (C=O) groups is 1. The quantitative estimate of drug-likeness (QED) is 0.861. The topological polar surface area (TPSA) is 64.4 Å². The largest absolute Gasteiger partial charge is 0.492 e. The lowest BCUT2D eigenvalue weighted by molar-refractivity contribution is -0.136. The average molecular weight is 260 g/mol. The van der Waals surface area contributed by atoms with Crippen molar-refractivity contribution in [3.05, 3.63) is 48.0 Å². The van der Waals surface area contributed by atoms with Crippen LogP contribution >= 0.6 is 0 Å². The first kappa shape index (κ1) is 13.1. The highest BCUT2D eigenvalue weighted by Gasteiger charge is 2.02. The monoisotopic (exact) mass is 260 g/mol. The third-order valence-electron chi connectivity index (χ3n) is 2.78. The van der Waals surface area contributed by atoms with E-state index in [2.05, 4.69) is 4.98 Å². The summed E-state index contributed by atoms with van der Waals surface area (Å²) in [4.78, 5) is 14.8. The van der Waals surface area contributed by atoms with Crippen LogP contribution in [-0.2, 0) is 17.8 Å². The minimum atomic E-state index is -0.841. The van der Waals surface area contributed by atoms with E-state index in [0.717, 1.165) is 17.9 Å². The molecule has 2 rings (SSSR count). The van der Waals surface area contributed by atoms with Crippen LogP contribution in [0.25, 0.3) is 0 Å². The fraction of sp³-hybridized carbons (Fsp3) is 0.286. The molecule has 19 heavy (non-hydrogen) atoms. The van der Waals surface area contributed by atoms with Gasteiger partial charge < -0.3 is 14.4 Å². The highest BCUT2D eigenvalue weighted by molar-refractivity contribution is 5.70. The predicted molar refractivity (Wildman–Crippen MR) is 70.2 cm³/mol. The zero-order valence-electron chi connectivity index (χ0n) is 10.7. The molecule has 2 aromatic rings. The van der Waals surface area contributed by atoms with Crippen molar-refractivity contribution in [1.29, 1.82) is 0 Å². The van der Waals surface area contributed by atoms with Crippen LogP contribution in [0.1, 0.15) is 11.4 Å². The summed E-state index contributed by atoms with van der Waals surface area (Å²) in [6, 6.07) is 7.16. The maximum atomic E-state index is 10.6. The van der Waals surface area contributed by atoms with E-state index in [1.807, 2.05) is 23.8 Å². The van der Waals surface area contributed by atoms with Crippen molar-refractivity contribution in [2.45, 2.75) is 19.9 Å². The summed E-state index contributed by atoms with van der Waals surface area (Å²) in [6.07, 6.45) is 3.67. The number of rotatable bonds is 6. The van der Waals surface area contributed by atoms with Crippen LogP contribution < -0.4 is 4.74 Å². The molecule has 0 saturated carbocycles. The number of aryl methyl sites for hydroxylation is 1. The molecule has 1 N–H and O–H groups in total. The van der Waals surface area contributed by atoms with Gasteiger partial charge in [-0.05, 0) is 24.6 Å². The lowest BCUT2D eigenvalue weighted by atomic mass is 10.1. The Bertz CT molecular complexity index is 563. The molecule has 0 unspecified atom stereocenters. The predicted octanol–water partition coefficient (Wildman–Crippen LogP) is 1.90. The van der Waals surface area contributed by atoms with Crippen LogP contribution in [0.5, 0.6) is 5.75 Å². The number of ether oxygens (including phenoxy) is 1. The van der Waals surface area contributed by atoms with Gasteiger partial charge in [0.1, 0.15) is 18.2 Å². The van der Waals surface area contributed by atoms with Gasteiger partial charge in [0.25, 0.3) is 0 Å². The number of carboxylic acid groups (broad SMARTS) is 1. The van der Waals surface area contributed by atoms with Gasteiger partial charge >= 0.3 is 5.97 Å².